The molecular formula is C20H19NO6. The van der Waals surface area contributed by atoms with Crippen LogP contribution in [0.25, 0.3) is 0 Å². The van der Waals surface area contributed by atoms with Crippen molar-refractivity contribution in [3.05, 3.63) is 64.7 Å². The van der Waals surface area contributed by atoms with Crippen molar-refractivity contribution in [2.45, 2.75) is 31.5 Å². The fourth-order valence-corrected chi connectivity index (χ4v) is 2.83. The summed E-state index contributed by atoms with van der Waals surface area (Å²) in [6, 6.07) is 13.2. The number of carbonyl (C=O) groups excluding carboxylic acids is 1. The molecule has 0 aliphatic carbocycles. The van der Waals surface area contributed by atoms with Gasteiger partial charge in [0, 0.05) is 11.1 Å². The first-order chi connectivity index (χ1) is 12.9. The van der Waals surface area contributed by atoms with Gasteiger partial charge in [-0.25, -0.2) is 0 Å². The standard InChI is InChI=1S/C20H19NO6/c1-11-8-14(27-20-19(25)18(24)16(22)10-26-20)6-7-15(11)17(23)13-4-2-12(9-21)3-5-13/h2-8,16,18-20,22,24-25H,10H2,1H3/t16-,18-,19-,20-/m1/s1. The quantitative estimate of drug-likeness (QED) is 0.685. The molecule has 7 heteroatoms. The first-order valence-corrected chi connectivity index (χ1v) is 8.38. The molecule has 0 bridgehead atoms. The van der Waals surface area contributed by atoms with Gasteiger partial charge in [0.25, 0.3) is 0 Å². The van der Waals surface area contributed by atoms with Crippen LogP contribution >= 0.6 is 0 Å². The number of hydrogen-bond acceptors (Lipinski definition) is 7. The zero-order chi connectivity index (χ0) is 19.6. The number of rotatable bonds is 4. The van der Waals surface area contributed by atoms with Crippen LogP contribution in [0.15, 0.2) is 42.5 Å². The molecule has 3 rings (SSSR count). The number of nitrogens with zero attached hydrogens (tertiary/aromatic N) is 1. The van der Waals surface area contributed by atoms with Gasteiger partial charge in [0.15, 0.2) is 5.78 Å². The highest BCUT2D eigenvalue weighted by atomic mass is 16.7. The fourth-order valence-electron chi connectivity index (χ4n) is 2.83. The molecular weight excluding hydrogens is 350 g/mol. The number of ketones is 1. The molecule has 2 aromatic carbocycles. The zero-order valence-electron chi connectivity index (χ0n) is 14.6. The Hall–Kier alpha value is -2.76. The van der Waals surface area contributed by atoms with Crippen molar-refractivity contribution in [3.63, 3.8) is 0 Å². The molecule has 1 fully saturated rings. The maximum absolute atomic E-state index is 12.6. The van der Waals surface area contributed by atoms with E-state index in [0.29, 0.717) is 28.0 Å². The molecule has 0 radical (unpaired) electrons. The second-order valence-corrected chi connectivity index (χ2v) is 6.36. The minimum absolute atomic E-state index is 0.156. The van der Waals surface area contributed by atoms with E-state index in [1.165, 1.54) is 0 Å². The monoisotopic (exact) mass is 369 g/mol. The van der Waals surface area contributed by atoms with Gasteiger partial charge in [-0.15, -0.1) is 0 Å². The Balaban J connectivity index is 1.75. The third-order valence-corrected chi connectivity index (χ3v) is 4.43. The molecule has 140 valence electrons. The van der Waals surface area contributed by atoms with E-state index in [1.807, 2.05) is 6.07 Å². The summed E-state index contributed by atoms with van der Waals surface area (Å²) in [4.78, 5) is 12.6. The minimum atomic E-state index is -1.39. The summed E-state index contributed by atoms with van der Waals surface area (Å²) >= 11 is 0. The van der Waals surface area contributed by atoms with Crippen molar-refractivity contribution in [1.82, 2.24) is 0 Å². The van der Waals surface area contributed by atoms with Crippen molar-refractivity contribution in [2.75, 3.05) is 6.61 Å². The highest BCUT2D eigenvalue weighted by Gasteiger charge is 2.39. The SMILES string of the molecule is Cc1cc(O[C@H]2OC[C@@H](O)[C@@H](O)[C@H]2O)ccc1C(=O)c1ccc(C#N)cc1. The van der Waals surface area contributed by atoms with Crippen LogP contribution in [0.5, 0.6) is 5.75 Å². The van der Waals surface area contributed by atoms with Crippen LogP contribution < -0.4 is 4.74 Å². The van der Waals surface area contributed by atoms with Crippen molar-refractivity contribution in [1.29, 1.82) is 5.26 Å². The van der Waals surface area contributed by atoms with Gasteiger partial charge in [-0.2, -0.15) is 5.26 Å². The number of hydrogen-bond donors (Lipinski definition) is 3. The maximum atomic E-state index is 12.6. The molecule has 0 saturated carbocycles. The number of aliphatic hydroxyl groups is 3. The Bertz CT molecular complexity index is 873. The third kappa shape index (κ3) is 3.99. The molecule has 0 spiro atoms. The summed E-state index contributed by atoms with van der Waals surface area (Å²) in [5.41, 5.74) is 2.08. The number of nitriles is 1. The first kappa shape index (κ1) is 19.0. The number of aliphatic hydroxyl groups excluding tert-OH is 3. The van der Waals surface area contributed by atoms with Crippen LogP contribution in [0.4, 0.5) is 0 Å². The number of benzene rings is 2. The van der Waals surface area contributed by atoms with Gasteiger partial charge in [-0.05, 0) is 55.0 Å². The maximum Gasteiger partial charge on any atom is 0.228 e. The number of aryl methyl sites for hydroxylation is 1. The summed E-state index contributed by atoms with van der Waals surface area (Å²) < 4.78 is 10.8. The average Bonchev–Trinajstić information content (AvgIpc) is 2.68. The van der Waals surface area contributed by atoms with Gasteiger partial charge in [-0.1, -0.05) is 0 Å². The van der Waals surface area contributed by atoms with Gasteiger partial charge in [-0.3, -0.25) is 4.79 Å². The molecule has 2 aromatic rings. The summed E-state index contributed by atoms with van der Waals surface area (Å²) in [6.07, 6.45) is -5.05. The van der Waals surface area contributed by atoms with Crippen molar-refractivity contribution >= 4 is 5.78 Å². The summed E-state index contributed by atoms with van der Waals surface area (Å²) in [6.45, 7) is 1.59. The zero-order valence-corrected chi connectivity index (χ0v) is 14.6. The molecule has 27 heavy (non-hydrogen) atoms. The summed E-state index contributed by atoms with van der Waals surface area (Å²) in [5, 5.41) is 37.9. The summed E-state index contributed by atoms with van der Waals surface area (Å²) in [7, 11) is 0. The van der Waals surface area contributed by atoms with Crippen LogP contribution in [-0.2, 0) is 4.74 Å². The molecule has 1 aliphatic rings. The first-order valence-electron chi connectivity index (χ1n) is 8.38. The van der Waals surface area contributed by atoms with E-state index in [2.05, 4.69) is 0 Å². The predicted molar refractivity (Wildman–Crippen MR) is 94.2 cm³/mol. The van der Waals surface area contributed by atoms with Crippen LogP contribution in [0, 0.1) is 18.3 Å². The molecule has 0 amide bonds. The van der Waals surface area contributed by atoms with E-state index in [4.69, 9.17) is 14.7 Å². The lowest BCUT2D eigenvalue weighted by Crippen LogP contribution is -2.54. The normalized spacial score (nSPS) is 24.9. The van der Waals surface area contributed by atoms with Crippen LogP contribution in [0.1, 0.15) is 27.0 Å². The molecule has 0 unspecified atom stereocenters. The smallest absolute Gasteiger partial charge is 0.228 e. The van der Waals surface area contributed by atoms with E-state index in [-0.39, 0.29) is 12.4 Å². The molecule has 7 nitrogen and oxygen atoms in total. The lowest BCUT2D eigenvalue weighted by atomic mass is 9.98. The Labute approximate surface area is 156 Å². The molecule has 1 saturated heterocycles. The molecule has 3 N–H and O–H groups in total. The highest BCUT2D eigenvalue weighted by Crippen LogP contribution is 2.24. The van der Waals surface area contributed by atoms with Gasteiger partial charge in [0.1, 0.15) is 24.1 Å². The molecule has 1 aliphatic heterocycles. The van der Waals surface area contributed by atoms with Gasteiger partial charge in [0.05, 0.1) is 18.2 Å². The van der Waals surface area contributed by atoms with E-state index in [9.17, 15) is 20.1 Å². The Morgan fingerprint density at radius 1 is 1.15 bits per heavy atom. The molecule has 1 heterocycles. The lowest BCUT2D eigenvalue weighted by molar-refractivity contribution is -0.242. The van der Waals surface area contributed by atoms with Gasteiger partial charge in [0.2, 0.25) is 6.29 Å². The van der Waals surface area contributed by atoms with Crippen LogP contribution in [0.3, 0.4) is 0 Å². The number of ether oxygens (including phenoxy) is 2. The van der Waals surface area contributed by atoms with E-state index in [1.54, 1.807) is 49.4 Å². The van der Waals surface area contributed by atoms with E-state index >= 15 is 0 Å². The van der Waals surface area contributed by atoms with Crippen LogP contribution in [-0.4, -0.2) is 52.3 Å². The minimum Gasteiger partial charge on any atom is -0.462 e. The summed E-state index contributed by atoms with van der Waals surface area (Å²) in [5.74, 6) is 0.174. The topological polar surface area (TPSA) is 120 Å². The average molecular weight is 369 g/mol. The largest absolute Gasteiger partial charge is 0.462 e. The number of carbonyl (C=O) groups is 1. The van der Waals surface area contributed by atoms with E-state index in [0.717, 1.165) is 0 Å². The Kier molecular flexibility index (Phi) is 5.54. The van der Waals surface area contributed by atoms with Crippen molar-refractivity contribution in [2.24, 2.45) is 0 Å². The van der Waals surface area contributed by atoms with E-state index < -0.39 is 24.6 Å². The van der Waals surface area contributed by atoms with Gasteiger partial charge < -0.3 is 24.8 Å². The lowest BCUT2D eigenvalue weighted by Gasteiger charge is -2.35. The second-order valence-electron chi connectivity index (χ2n) is 6.36. The Morgan fingerprint density at radius 2 is 1.85 bits per heavy atom. The molecule has 4 atom stereocenters. The van der Waals surface area contributed by atoms with Gasteiger partial charge >= 0.3 is 0 Å². The Morgan fingerprint density at radius 3 is 2.48 bits per heavy atom. The highest BCUT2D eigenvalue weighted by molar-refractivity contribution is 6.10. The second kappa shape index (κ2) is 7.86. The fraction of sp³-hybridized carbons (Fsp3) is 0.300. The van der Waals surface area contributed by atoms with Crippen molar-refractivity contribution in [3.8, 4) is 11.8 Å². The predicted octanol–water partition coefficient (Wildman–Crippen LogP) is 0.916. The van der Waals surface area contributed by atoms with Crippen LogP contribution in [0.2, 0.25) is 0 Å². The molecule has 0 aromatic heterocycles. The van der Waals surface area contributed by atoms with Crippen molar-refractivity contribution < 1.29 is 29.6 Å². The third-order valence-electron chi connectivity index (χ3n) is 4.43.